The van der Waals surface area contributed by atoms with Crippen LogP contribution in [-0.2, 0) is 26.9 Å². The van der Waals surface area contributed by atoms with Gasteiger partial charge in [0, 0.05) is 11.5 Å². The largest absolute Gasteiger partial charge is 0.377 e. The van der Waals surface area contributed by atoms with Crippen LogP contribution in [-0.4, -0.2) is 28.8 Å². The van der Waals surface area contributed by atoms with Gasteiger partial charge in [-0.05, 0) is 50.3 Å². The Hall–Kier alpha value is -1.49. The lowest BCUT2D eigenvalue weighted by atomic mass is 10.0. The molecule has 0 unspecified atom stereocenters. The summed E-state index contributed by atoms with van der Waals surface area (Å²) in [6.07, 6.45) is 4.42. The van der Waals surface area contributed by atoms with Gasteiger partial charge in [-0.25, -0.2) is 0 Å². The first kappa shape index (κ1) is 19.3. The van der Waals surface area contributed by atoms with E-state index < -0.39 is 10.8 Å². The second-order valence-electron chi connectivity index (χ2n) is 6.96. The maximum atomic E-state index is 12.6. The quantitative estimate of drug-likeness (QED) is 0.633. The van der Waals surface area contributed by atoms with E-state index in [-0.39, 0.29) is 12.2 Å². The van der Waals surface area contributed by atoms with Crippen LogP contribution in [0.3, 0.4) is 0 Å². The van der Waals surface area contributed by atoms with E-state index in [0.29, 0.717) is 19.0 Å². The molecule has 1 aliphatic rings. The van der Waals surface area contributed by atoms with E-state index in [1.165, 1.54) is 11.1 Å². The van der Waals surface area contributed by atoms with Crippen LogP contribution < -0.4 is 0 Å². The Bertz CT molecular complexity index is 684. The standard InChI is InChI=1S/C22H28O3S/c1-18-10-12-22(13-11-18)26(23)17-21-9-5-8-20(25-21)14-15-24-16-19-6-3-2-4-7-19/h2-4,6-7,10-13,20-21H,5,8-9,14-17H2,1H3/t20-,21+,26+/m0/s1. The molecular formula is C22H28O3S. The van der Waals surface area contributed by atoms with Gasteiger partial charge in [0.2, 0.25) is 0 Å². The van der Waals surface area contributed by atoms with Gasteiger partial charge in [-0.15, -0.1) is 0 Å². The van der Waals surface area contributed by atoms with Crippen molar-refractivity contribution in [3.63, 3.8) is 0 Å². The van der Waals surface area contributed by atoms with Crippen molar-refractivity contribution in [2.24, 2.45) is 0 Å². The SMILES string of the molecule is Cc1ccc([S@](=O)C[C@H]2CCC[C@@H](CCOCc3ccccc3)O2)cc1. The summed E-state index contributed by atoms with van der Waals surface area (Å²) < 4.78 is 24.5. The lowest BCUT2D eigenvalue weighted by molar-refractivity contribution is -0.0533. The van der Waals surface area contributed by atoms with Gasteiger partial charge < -0.3 is 9.47 Å². The molecule has 0 amide bonds. The number of aryl methyl sites for hydroxylation is 1. The predicted molar refractivity (Wildman–Crippen MR) is 106 cm³/mol. The smallest absolute Gasteiger partial charge is 0.0716 e. The third-order valence-corrected chi connectivity index (χ3v) is 6.23. The molecule has 0 bridgehead atoms. The molecule has 0 aliphatic carbocycles. The zero-order valence-electron chi connectivity index (χ0n) is 15.4. The molecule has 0 saturated carbocycles. The fourth-order valence-electron chi connectivity index (χ4n) is 3.25. The third kappa shape index (κ3) is 6.04. The van der Waals surface area contributed by atoms with Crippen LogP contribution in [0.5, 0.6) is 0 Å². The van der Waals surface area contributed by atoms with Gasteiger partial charge in [0.05, 0.1) is 35.4 Å². The summed E-state index contributed by atoms with van der Waals surface area (Å²) >= 11 is 0. The van der Waals surface area contributed by atoms with Crippen LogP contribution in [0.1, 0.15) is 36.8 Å². The van der Waals surface area contributed by atoms with Crippen LogP contribution in [0.15, 0.2) is 59.5 Å². The Balaban J connectivity index is 1.39. The molecule has 1 saturated heterocycles. The molecule has 1 heterocycles. The summed E-state index contributed by atoms with van der Waals surface area (Å²) in [5.74, 6) is 0.588. The lowest BCUT2D eigenvalue weighted by Gasteiger charge is -2.30. The molecule has 3 atom stereocenters. The summed E-state index contributed by atoms with van der Waals surface area (Å²) in [4.78, 5) is 0.896. The zero-order chi connectivity index (χ0) is 18.2. The molecule has 3 rings (SSSR count). The summed E-state index contributed by atoms with van der Waals surface area (Å²) in [5.41, 5.74) is 2.39. The van der Waals surface area contributed by atoms with E-state index in [2.05, 4.69) is 12.1 Å². The van der Waals surface area contributed by atoms with E-state index in [9.17, 15) is 4.21 Å². The molecule has 0 radical (unpaired) electrons. The summed E-state index contributed by atoms with van der Waals surface area (Å²) in [6.45, 7) is 3.39. The van der Waals surface area contributed by atoms with Gasteiger partial charge in [0.15, 0.2) is 0 Å². The maximum absolute atomic E-state index is 12.6. The highest BCUT2D eigenvalue weighted by Gasteiger charge is 2.24. The van der Waals surface area contributed by atoms with Gasteiger partial charge in [-0.3, -0.25) is 4.21 Å². The zero-order valence-corrected chi connectivity index (χ0v) is 16.3. The van der Waals surface area contributed by atoms with Crippen molar-refractivity contribution in [1.82, 2.24) is 0 Å². The number of benzene rings is 2. The first-order valence-corrected chi connectivity index (χ1v) is 10.7. The normalized spacial score (nSPS) is 21.4. The summed E-state index contributed by atoms with van der Waals surface area (Å²) in [7, 11) is -0.993. The molecule has 0 aromatic heterocycles. The topological polar surface area (TPSA) is 35.5 Å². The monoisotopic (exact) mass is 372 g/mol. The molecule has 2 aromatic rings. The van der Waals surface area contributed by atoms with Crippen molar-refractivity contribution in [2.45, 2.75) is 56.3 Å². The lowest BCUT2D eigenvalue weighted by Crippen LogP contribution is -2.32. The molecule has 26 heavy (non-hydrogen) atoms. The van der Waals surface area contributed by atoms with Crippen molar-refractivity contribution >= 4 is 10.8 Å². The molecular weight excluding hydrogens is 344 g/mol. The molecule has 140 valence electrons. The van der Waals surface area contributed by atoms with Gasteiger partial charge in [-0.2, -0.15) is 0 Å². The first-order valence-electron chi connectivity index (χ1n) is 9.43. The Morgan fingerprint density at radius 1 is 1.04 bits per heavy atom. The molecule has 1 aliphatic heterocycles. The van der Waals surface area contributed by atoms with E-state index in [1.54, 1.807) is 0 Å². The Kier molecular flexibility index (Phi) is 7.42. The highest BCUT2D eigenvalue weighted by Crippen LogP contribution is 2.23. The molecule has 2 aromatic carbocycles. The van der Waals surface area contributed by atoms with Crippen molar-refractivity contribution in [1.29, 1.82) is 0 Å². The van der Waals surface area contributed by atoms with Crippen LogP contribution in [0, 0.1) is 6.92 Å². The average Bonchev–Trinajstić information content (AvgIpc) is 2.67. The van der Waals surface area contributed by atoms with E-state index in [0.717, 1.165) is 30.6 Å². The van der Waals surface area contributed by atoms with Crippen LogP contribution in [0.25, 0.3) is 0 Å². The third-order valence-electron chi connectivity index (χ3n) is 4.75. The first-order chi connectivity index (χ1) is 12.7. The molecule has 1 fully saturated rings. The minimum absolute atomic E-state index is 0.0880. The molecule has 0 N–H and O–H groups in total. The van der Waals surface area contributed by atoms with Crippen LogP contribution >= 0.6 is 0 Å². The predicted octanol–water partition coefficient (Wildman–Crippen LogP) is 4.65. The van der Waals surface area contributed by atoms with Crippen LogP contribution in [0.2, 0.25) is 0 Å². The maximum Gasteiger partial charge on any atom is 0.0716 e. The van der Waals surface area contributed by atoms with Crippen molar-refractivity contribution in [3.8, 4) is 0 Å². The van der Waals surface area contributed by atoms with Crippen molar-refractivity contribution in [3.05, 3.63) is 65.7 Å². The van der Waals surface area contributed by atoms with E-state index in [4.69, 9.17) is 9.47 Å². The minimum atomic E-state index is -0.993. The van der Waals surface area contributed by atoms with E-state index >= 15 is 0 Å². The number of rotatable bonds is 8. The van der Waals surface area contributed by atoms with Crippen molar-refractivity contribution in [2.75, 3.05) is 12.4 Å². The number of hydrogen-bond donors (Lipinski definition) is 0. The fourth-order valence-corrected chi connectivity index (χ4v) is 4.47. The Morgan fingerprint density at radius 2 is 1.77 bits per heavy atom. The highest BCUT2D eigenvalue weighted by atomic mass is 32.2. The van der Waals surface area contributed by atoms with Gasteiger partial charge >= 0.3 is 0 Å². The Morgan fingerprint density at radius 3 is 2.54 bits per heavy atom. The van der Waals surface area contributed by atoms with Gasteiger partial charge in [0.1, 0.15) is 0 Å². The second-order valence-corrected chi connectivity index (χ2v) is 8.46. The summed E-state index contributed by atoms with van der Waals surface area (Å²) in [6, 6.07) is 18.2. The molecule has 3 nitrogen and oxygen atoms in total. The molecule has 0 spiro atoms. The van der Waals surface area contributed by atoms with Crippen molar-refractivity contribution < 1.29 is 13.7 Å². The minimum Gasteiger partial charge on any atom is -0.377 e. The number of hydrogen-bond acceptors (Lipinski definition) is 3. The molecule has 4 heteroatoms. The highest BCUT2D eigenvalue weighted by molar-refractivity contribution is 7.85. The number of ether oxygens (including phenoxy) is 2. The van der Waals surface area contributed by atoms with Gasteiger partial charge in [0.25, 0.3) is 0 Å². The second kappa shape index (κ2) is 10.0. The summed E-state index contributed by atoms with van der Waals surface area (Å²) in [5, 5.41) is 0. The Labute approximate surface area is 159 Å². The van der Waals surface area contributed by atoms with Gasteiger partial charge in [-0.1, -0.05) is 48.0 Å². The fraction of sp³-hybridized carbons (Fsp3) is 0.455. The average molecular weight is 373 g/mol. The van der Waals surface area contributed by atoms with Crippen LogP contribution in [0.4, 0.5) is 0 Å². The van der Waals surface area contributed by atoms with E-state index in [1.807, 2.05) is 49.4 Å².